The number of phenols is 1. The van der Waals surface area contributed by atoms with Crippen molar-refractivity contribution in [3.8, 4) is 11.5 Å². The van der Waals surface area contributed by atoms with E-state index in [-0.39, 0.29) is 28.5 Å². The molecule has 0 bridgehead atoms. The molecule has 0 heterocycles. The highest BCUT2D eigenvalue weighted by Crippen LogP contribution is 2.21. The minimum atomic E-state index is -0.607. The molecule has 3 aromatic carbocycles. The van der Waals surface area contributed by atoms with Crippen molar-refractivity contribution in [2.24, 2.45) is 5.10 Å². The molecule has 0 unspecified atom stereocenters. The first-order valence-corrected chi connectivity index (χ1v) is 9.23. The Morgan fingerprint density at radius 1 is 1.00 bits per heavy atom. The van der Waals surface area contributed by atoms with E-state index in [9.17, 15) is 24.8 Å². The molecule has 3 rings (SSSR count). The molecule has 0 spiro atoms. The number of hydrogen-bond donors (Lipinski definition) is 3. The Balaban J connectivity index is 1.60. The molecule has 0 saturated heterocycles. The number of nitrogens with zero attached hydrogens (tertiary/aromatic N) is 2. The lowest BCUT2D eigenvalue weighted by molar-refractivity contribution is -0.384. The number of hydrogen-bond acceptors (Lipinski definition) is 7. The van der Waals surface area contributed by atoms with Gasteiger partial charge in [-0.15, -0.1) is 0 Å². The first kappa shape index (κ1) is 22.0. The third-order valence-electron chi connectivity index (χ3n) is 4.35. The number of phenolic OH excluding ortho intramolecular Hbond substituents is 1. The number of amides is 2. The fourth-order valence-electron chi connectivity index (χ4n) is 2.63. The normalized spacial score (nSPS) is 10.5. The van der Waals surface area contributed by atoms with E-state index < -0.39 is 10.8 Å². The summed E-state index contributed by atoms with van der Waals surface area (Å²) in [5.41, 5.74) is 3.35. The second-order valence-electron chi connectivity index (χ2n) is 6.46. The Hall–Kier alpha value is -4.73. The van der Waals surface area contributed by atoms with E-state index in [1.54, 1.807) is 36.4 Å². The molecule has 0 aromatic heterocycles. The van der Waals surface area contributed by atoms with Crippen LogP contribution in [0.25, 0.3) is 0 Å². The molecule has 2 amide bonds. The summed E-state index contributed by atoms with van der Waals surface area (Å²) in [5.74, 6) is -0.434. The molecule has 3 N–H and O–H groups in total. The van der Waals surface area contributed by atoms with E-state index in [2.05, 4.69) is 15.8 Å². The SMILES string of the molecule is COc1ccc(C(=O)Nc2ccc(C(=O)NN=Cc3cc([N+](=O)[O-])ccc3O)cc2)cc1. The summed E-state index contributed by atoms with van der Waals surface area (Å²) in [6, 6.07) is 16.2. The smallest absolute Gasteiger partial charge is 0.271 e. The molecular formula is C22H18N4O6. The molecular weight excluding hydrogens is 416 g/mol. The van der Waals surface area contributed by atoms with Gasteiger partial charge in [0, 0.05) is 34.5 Å². The maximum absolute atomic E-state index is 12.3. The summed E-state index contributed by atoms with van der Waals surface area (Å²) in [6.45, 7) is 0. The molecule has 10 nitrogen and oxygen atoms in total. The van der Waals surface area contributed by atoms with Crippen LogP contribution in [0.4, 0.5) is 11.4 Å². The molecule has 3 aromatic rings. The number of nitro groups is 1. The first-order chi connectivity index (χ1) is 15.4. The molecule has 0 aliphatic heterocycles. The van der Waals surface area contributed by atoms with Crippen LogP contribution in [0.3, 0.4) is 0 Å². The van der Waals surface area contributed by atoms with E-state index in [1.807, 2.05) is 0 Å². The molecule has 32 heavy (non-hydrogen) atoms. The number of nitrogens with one attached hydrogen (secondary N) is 2. The van der Waals surface area contributed by atoms with Gasteiger partial charge >= 0.3 is 0 Å². The monoisotopic (exact) mass is 434 g/mol. The van der Waals surface area contributed by atoms with Crippen molar-refractivity contribution in [2.45, 2.75) is 0 Å². The van der Waals surface area contributed by atoms with Gasteiger partial charge in [0.1, 0.15) is 11.5 Å². The summed E-state index contributed by atoms with van der Waals surface area (Å²) in [6.07, 6.45) is 1.10. The minimum Gasteiger partial charge on any atom is -0.507 e. The maximum atomic E-state index is 12.3. The van der Waals surface area contributed by atoms with Crippen molar-refractivity contribution < 1.29 is 24.4 Å². The number of anilines is 1. The quantitative estimate of drug-likeness (QED) is 0.296. The lowest BCUT2D eigenvalue weighted by Crippen LogP contribution is -2.18. The Kier molecular flexibility index (Phi) is 6.76. The van der Waals surface area contributed by atoms with Gasteiger partial charge < -0.3 is 15.2 Å². The number of methoxy groups -OCH3 is 1. The van der Waals surface area contributed by atoms with Crippen LogP contribution in [0, 0.1) is 10.1 Å². The number of carbonyl (C=O) groups is 2. The van der Waals surface area contributed by atoms with Gasteiger partial charge in [0.25, 0.3) is 17.5 Å². The molecule has 0 radical (unpaired) electrons. The van der Waals surface area contributed by atoms with Gasteiger partial charge in [-0.05, 0) is 54.6 Å². The largest absolute Gasteiger partial charge is 0.507 e. The van der Waals surface area contributed by atoms with Crippen LogP contribution in [0.2, 0.25) is 0 Å². The summed E-state index contributed by atoms with van der Waals surface area (Å²) < 4.78 is 5.06. The van der Waals surface area contributed by atoms with Crippen LogP contribution in [-0.2, 0) is 0 Å². The Morgan fingerprint density at radius 3 is 2.25 bits per heavy atom. The number of benzene rings is 3. The average Bonchev–Trinajstić information content (AvgIpc) is 2.80. The highest BCUT2D eigenvalue weighted by atomic mass is 16.6. The Bertz CT molecular complexity index is 1170. The average molecular weight is 434 g/mol. The van der Waals surface area contributed by atoms with Crippen LogP contribution in [0.15, 0.2) is 71.8 Å². The van der Waals surface area contributed by atoms with Gasteiger partial charge in [0.2, 0.25) is 0 Å². The highest BCUT2D eigenvalue weighted by molar-refractivity contribution is 6.04. The fraction of sp³-hybridized carbons (Fsp3) is 0.0455. The van der Waals surface area contributed by atoms with Crippen LogP contribution in [0.1, 0.15) is 26.3 Å². The van der Waals surface area contributed by atoms with Crippen molar-refractivity contribution in [2.75, 3.05) is 12.4 Å². The van der Waals surface area contributed by atoms with E-state index in [0.717, 1.165) is 18.3 Å². The molecule has 0 aliphatic rings. The first-order valence-electron chi connectivity index (χ1n) is 9.23. The molecule has 0 saturated carbocycles. The lowest BCUT2D eigenvalue weighted by Gasteiger charge is -2.07. The zero-order valence-corrected chi connectivity index (χ0v) is 16.8. The zero-order chi connectivity index (χ0) is 23.1. The lowest BCUT2D eigenvalue weighted by atomic mass is 10.1. The van der Waals surface area contributed by atoms with Gasteiger partial charge in [0.05, 0.1) is 18.2 Å². The second-order valence-corrected chi connectivity index (χ2v) is 6.46. The summed E-state index contributed by atoms with van der Waals surface area (Å²) in [4.78, 5) is 34.7. The van der Waals surface area contributed by atoms with E-state index in [4.69, 9.17) is 4.74 Å². The standard InChI is InChI=1S/C22H18N4O6/c1-32-19-9-4-14(5-10-19)21(28)24-17-6-2-15(3-7-17)22(29)25-23-13-16-12-18(26(30)31)8-11-20(16)27/h2-13,27H,1H3,(H,24,28)(H,25,29). The number of rotatable bonds is 7. The molecule has 10 heteroatoms. The van der Waals surface area contributed by atoms with Crippen LogP contribution < -0.4 is 15.5 Å². The van der Waals surface area contributed by atoms with Crippen LogP contribution >= 0.6 is 0 Å². The molecule has 0 aliphatic carbocycles. The van der Waals surface area contributed by atoms with Crippen molar-refractivity contribution in [1.82, 2.24) is 5.43 Å². The predicted octanol–water partition coefficient (Wildman–Crippen LogP) is 3.33. The van der Waals surface area contributed by atoms with Crippen molar-refractivity contribution >= 4 is 29.4 Å². The summed E-state index contributed by atoms with van der Waals surface area (Å²) in [7, 11) is 1.54. The number of aromatic hydroxyl groups is 1. The van der Waals surface area contributed by atoms with Crippen LogP contribution in [0.5, 0.6) is 11.5 Å². The zero-order valence-electron chi connectivity index (χ0n) is 16.8. The number of hydrazone groups is 1. The topological polar surface area (TPSA) is 143 Å². The van der Waals surface area contributed by atoms with Gasteiger partial charge in [-0.2, -0.15) is 5.10 Å². The Labute approximate surface area is 182 Å². The Morgan fingerprint density at radius 2 is 1.62 bits per heavy atom. The third kappa shape index (κ3) is 5.45. The molecule has 0 atom stereocenters. The fourth-order valence-corrected chi connectivity index (χ4v) is 2.63. The van der Waals surface area contributed by atoms with Crippen molar-refractivity contribution in [3.63, 3.8) is 0 Å². The van der Waals surface area contributed by atoms with E-state index in [1.165, 1.54) is 25.3 Å². The highest BCUT2D eigenvalue weighted by Gasteiger charge is 2.10. The number of non-ortho nitro benzene ring substituents is 1. The third-order valence-corrected chi connectivity index (χ3v) is 4.35. The summed E-state index contributed by atoms with van der Waals surface area (Å²) in [5, 5.41) is 27.0. The number of nitro benzene ring substituents is 1. The molecule has 162 valence electrons. The van der Waals surface area contributed by atoms with Gasteiger partial charge in [-0.3, -0.25) is 19.7 Å². The molecule has 0 fully saturated rings. The second kappa shape index (κ2) is 9.85. The maximum Gasteiger partial charge on any atom is 0.271 e. The van der Waals surface area contributed by atoms with Gasteiger partial charge in [-0.1, -0.05) is 0 Å². The van der Waals surface area contributed by atoms with Gasteiger partial charge in [0.15, 0.2) is 0 Å². The minimum absolute atomic E-state index is 0.0797. The van der Waals surface area contributed by atoms with Crippen molar-refractivity contribution in [3.05, 3.63) is 93.5 Å². The van der Waals surface area contributed by atoms with E-state index in [0.29, 0.717) is 17.0 Å². The summed E-state index contributed by atoms with van der Waals surface area (Å²) >= 11 is 0. The van der Waals surface area contributed by atoms with Crippen molar-refractivity contribution in [1.29, 1.82) is 0 Å². The predicted molar refractivity (Wildman–Crippen MR) is 117 cm³/mol. The van der Waals surface area contributed by atoms with Gasteiger partial charge in [-0.25, -0.2) is 5.43 Å². The number of carbonyl (C=O) groups excluding carboxylic acids is 2. The van der Waals surface area contributed by atoms with Crippen LogP contribution in [-0.4, -0.2) is 35.2 Å². The number of ether oxygens (including phenoxy) is 1. The van der Waals surface area contributed by atoms with E-state index >= 15 is 0 Å².